The third-order valence-corrected chi connectivity index (χ3v) is 3.52. The molecule has 0 aromatic carbocycles. The van der Waals surface area contributed by atoms with Crippen LogP contribution in [0.2, 0.25) is 0 Å². The molecule has 0 bridgehead atoms. The number of unbranched alkanes of at least 4 members (excludes halogenated alkanes) is 1. The van der Waals surface area contributed by atoms with Crippen molar-refractivity contribution in [1.29, 1.82) is 0 Å². The molecule has 2 atom stereocenters. The first-order valence-electron chi connectivity index (χ1n) is 7.77. The average molecular weight is 296 g/mol. The van der Waals surface area contributed by atoms with Gasteiger partial charge in [0.15, 0.2) is 5.76 Å². The summed E-state index contributed by atoms with van der Waals surface area (Å²) < 4.78 is 17.4. The molecular weight excluding hydrogens is 264 g/mol. The predicted octanol–water partition coefficient (Wildman–Crippen LogP) is 5.00. The first-order valence-corrected chi connectivity index (χ1v) is 7.77. The van der Waals surface area contributed by atoms with E-state index < -0.39 is 5.60 Å². The van der Waals surface area contributed by atoms with Crippen LogP contribution in [0.3, 0.4) is 0 Å². The summed E-state index contributed by atoms with van der Waals surface area (Å²) in [6.45, 7) is 12.8. The number of ether oxygens (including phenoxy) is 3. The van der Waals surface area contributed by atoms with E-state index >= 15 is 0 Å². The van der Waals surface area contributed by atoms with E-state index in [1.54, 1.807) is 7.11 Å². The molecule has 3 nitrogen and oxygen atoms in total. The number of rotatable bonds is 10. The summed E-state index contributed by atoms with van der Waals surface area (Å²) >= 11 is 0. The molecule has 0 aliphatic carbocycles. The highest BCUT2D eigenvalue weighted by Gasteiger charge is 2.30. The van der Waals surface area contributed by atoms with Crippen molar-refractivity contribution in [1.82, 2.24) is 0 Å². The van der Waals surface area contributed by atoms with E-state index in [9.17, 15) is 0 Å². The molecule has 0 aromatic rings. The van der Waals surface area contributed by atoms with Gasteiger partial charge >= 0.3 is 0 Å². The number of hydrogen-bond donors (Lipinski definition) is 0. The second-order valence-corrected chi connectivity index (χ2v) is 5.27. The molecule has 0 aromatic heterocycles. The lowest BCUT2D eigenvalue weighted by Crippen LogP contribution is -2.39. The fraction of sp³-hybridized carbons (Fsp3) is 0.667. The summed E-state index contributed by atoms with van der Waals surface area (Å²) in [6.07, 6.45) is 9.93. The summed E-state index contributed by atoms with van der Waals surface area (Å²) in [7, 11) is 1.70. The topological polar surface area (TPSA) is 27.7 Å². The first-order chi connectivity index (χ1) is 9.95. The highest BCUT2D eigenvalue weighted by Crippen LogP contribution is 2.23. The summed E-state index contributed by atoms with van der Waals surface area (Å²) in [6, 6.07) is 0. The minimum Gasteiger partial charge on any atom is -0.490 e. The van der Waals surface area contributed by atoms with Gasteiger partial charge in [0, 0.05) is 7.11 Å². The van der Waals surface area contributed by atoms with Gasteiger partial charge in [-0.2, -0.15) is 0 Å². The molecule has 0 N–H and O–H groups in total. The standard InChI is InChI=1S/C18H32O3/c1-8-11-14-20-17(12-9-2)15(4)21-16(5)18(6,19-7)13-10-3/h9-10,12-13,16H,8,11,14H2,1-7H3/b12-9-,13-10+,17-15-/t16-,18+/m1/s1. The smallest absolute Gasteiger partial charge is 0.156 e. The Balaban J connectivity index is 4.99. The van der Waals surface area contributed by atoms with Crippen LogP contribution in [0.5, 0.6) is 0 Å². The first kappa shape index (κ1) is 19.8. The number of allylic oxidation sites excluding steroid dienone is 4. The summed E-state index contributed by atoms with van der Waals surface area (Å²) in [5, 5.41) is 0. The molecule has 0 spiro atoms. The van der Waals surface area contributed by atoms with Crippen molar-refractivity contribution in [2.75, 3.05) is 13.7 Å². The van der Waals surface area contributed by atoms with E-state index in [1.165, 1.54) is 0 Å². The van der Waals surface area contributed by atoms with E-state index in [2.05, 4.69) is 6.92 Å². The molecule has 0 aliphatic heterocycles. The van der Waals surface area contributed by atoms with Crippen LogP contribution in [-0.4, -0.2) is 25.4 Å². The Bertz CT molecular complexity index is 369. The summed E-state index contributed by atoms with van der Waals surface area (Å²) in [5.41, 5.74) is -0.458. The van der Waals surface area contributed by atoms with Crippen LogP contribution in [0, 0.1) is 0 Å². The highest BCUT2D eigenvalue weighted by molar-refractivity contribution is 5.15. The van der Waals surface area contributed by atoms with E-state index in [4.69, 9.17) is 14.2 Å². The molecule has 0 amide bonds. The molecule has 0 fully saturated rings. The molecule has 0 saturated carbocycles. The maximum absolute atomic E-state index is 6.03. The van der Waals surface area contributed by atoms with Gasteiger partial charge in [0.1, 0.15) is 17.5 Å². The molecule has 21 heavy (non-hydrogen) atoms. The van der Waals surface area contributed by atoms with Gasteiger partial charge in [-0.1, -0.05) is 31.6 Å². The summed E-state index contributed by atoms with van der Waals surface area (Å²) in [5.74, 6) is 1.57. The SMILES string of the molecule is C/C=C\C(OCCCC)=C(/C)O[C@H](C)[C@](C)(/C=C/C)OC. The van der Waals surface area contributed by atoms with Crippen molar-refractivity contribution >= 4 is 0 Å². The van der Waals surface area contributed by atoms with Crippen LogP contribution in [0.25, 0.3) is 0 Å². The second kappa shape index (κ2) is 10.5. The van der Waals surface area contributed by atoms with E-state index in [0.29, 0.717) is 6.61 Å². The Morgan fingerprint density at radius 2 is 1.90 bits per heavy atom. The molecule has 122 valence electrons. The fourth-order valence-electron chi connectivity index (χ4n) is 1.89. The zero-order valence-corrected chi connectivity index (χ0v) is 14.7. The van der Waals surface area contributed by atoms with Crippen molar-refractivity contribution < 1.29 is 14.2 Å². The molecule has 0 saturated heterocycles. The summed E-state index contributed by atoms with van der Waals surface area (Å²) in [4.78, 5) is 0. The fourth-order valence-corrected chi connectivity index (χ4v) is 1.89. The van der Waals surface area contributed by atoms with Gasteiger partial charge in [0.2, 0.25) is 0 Å². The van der Waals surface area contributed by atoms with Crippen molar-refractivity contribution in [2.24, 2.45) is 0 Å². The monoisotopic (exact) mass is 296 g/mol. The van der Waals surface area contributed by atoms with Gasteiger partial charge in [0.25, 0.3) is 0 Å². The molecule has 0 radical (unpaired) electrons. The average Bonchev–Trinajstić information content (AvgIpc) is 2.46. The lowest BCUT2D eigenvalue weighted by Gasteiger charge is -2.32. The lowest BCUT2D eigenvalue weighted by molar-refractivity contribution is -0.0638. The normalized spacial score (nSPS) is 17.7. The van der Waals surface area contributed by atoms with E-state index in [-0.39, 0.29) is 6.10 Å². The van der Waals surface area contributed by atoms with E-state index in [0.717, 1.165) is 24.4 Å². The Hall–Kier alpha value is -1.22. The van der Waals surface area contributed by atoms with Gasteiger partial charge in [-0.05, 0) is 47.1 Å². The molecule has 3 heteroatoms. The number of methoxy groups -OCH3 is 1. The van der Waals surface area contributed by atoms with Crippen LogP contribution in [0.15, 0.2) is 35.8 Å². The van der Waals surface area contributed by atoms with E-state index in [1.807, 2.05) is 58.9 Å². The highest BCUT2D eigenvalue weighted by atomic mass is 16.6. The third kappa shape index (κ3) is 6.85. The van der Waals surface area contributed by atoms with Crippen LogP contribution >= 0.6 is 0 Å². The Morgan fingerprint density at radius 1 is 1.24 bits per heavy atom. The minimum atomic E-state index is -0.458. The molecular formula is C18H32O3. The zero-order valence-electron chi connectivity index (χ0n) is 14.7. The van der Waals surface area contributed by atoms with Crippen LogP contribution in [-0.2, 0) is 14.2 Å². The van der Waals surface area contributed by atoms with Crippen LogP contribution in [0.4, 0.5) is 0 Å². The van der Waals surface area contributed by atoms with Crippen molar-refractivity contribution in [3.05, 3.63) is 35.8 Å². The van der Waals surface area contributed by atoms with Gasteiger partial charge in [-0.15, -0.1) is 0 Å². The van der Waals surface area contributed by atoms with Gasteiger partial charge in [-0.3, -0.25) is 0 Å². The Morgan fingerprint density at radius 3 is 2.38 bits per heavy atom. The minimum absolute atomic E-state index is 0.117. The van der Waals surface area contributed by atoms with Gasteiger partial charge in [0.05, 0.1) is 6.61 Å². The maximum atomic E-state index is 6.03. The second-order valence-electron chi connectivity index (χ2n) is 5.27. The van der Waals surface area contributed by atoms with Gasteiger partial charge < -0.3 is 14.2 Å². The van der Waals surface area contributed by atoms with Crippen LogP contribution < -0.4 is 0 Å². The lowest BCUT2D eigenvalue weighted by atomic mass is 9.99. The van der Waals surface area contributed by atoms with Crippen LogP contribution in [0.1, 0.15) is 54.4 Å². The third-order valence-electron chi connectivity index (χ3n) is 3.52. The molecule has 0 unspecified atom stereocenters. The van der Waals surface area contributed by atoms with Crippen molar-refractivity contribution in [2.45, 2.75) is 66.1 Å². The number of hydrogen-bond acceptors (Lipinski definition) is 3. The Kier molecular flexibility index (Phi) is 9.89. The van der Waals surface area contributed by atoms with Crippen molar-refractivity contribution in [3.8, 4) is 0 Å². The predicted molar refractivity (Wildman–Crippen MR) is 89.1 cm³/mol. The molecule has 0 aliphatic rings. The van der Waals surface area contributed by atoms with Gasteiger partial charge in [-0.25, -0.2) is 0 Å². The van der Waals surface area contributed by atoms with Crippen molar-refractivity contribution in [3.63, 3.8) is 0 Å². The largest absolute Gasteiger partial charge is 0.490 e. The molecule has 0 rings (SSSR count). The maximum Gasteiger partial charge on any atom is 0.156 e. The quantitative estimate of drug-likeness (QED) is 0.246. The Labute approximate surface area is 130 Å². The zero-order chi connectivity index (χ0) is 16.3. The molecule has 0 heterocycles.